The summed E-state index contributed by atoms with van der Waals surface area (Å²) in [6.45, 7) is 2.36. The predicted octanol–water partition coefficient (Wildman–Crippen LogP) is 6.08. The van der Waals surface area contributed by atoms with Crippen LogP contribution in [0.3, 0.4) is 0 Å². The summed E-state index contributed by atoms with van der Waals surface area (Å²) in [6.07, 6.45) is 8.21. The smallest absolute Gasteiger partial charge is 0.360 e. The lowest BCUT2D eigenvalue weighted by atomic mass is 10.0. The summed E-state index contributed by atoms with van der Waals surface area (Å²) in [4.78, 5) is 17.6. The van der Waals surface area contributed by atoms with Crippen LogP contribution in [-0.2, 0) is 4.74 Å². The van der Waals surface area contributed by atoms with Crippen molar-refractivity contribution in [2.24, 2.45) is 0 Å². The molecule has 1 aromatic heterocycles. The number of aromatic nitrogens is 1. The Labute approximate surface area is 166 Å². The number of aromatic hydroxyl groups is 1. The van der Waals surface area contributed by atoms with Crippen molar-refractivity contribution in [3.05, 3.63) is 28.5 Å². The molecular formula is C20H24BrNO3S. The quantitative estimate of drug-likeness (QED) is 0.336. The third-order valence-electron chi connectivity index (χ3n) is 4.68. The van der Waals surface area contributed by atoms with Gasteiger partial charge in [0.25, 0.3) is 0 Å². The summed E-state index contributed by atoms with van der Waals surface area (Å²) in [5.74, 6) is -0.696. The fourth-order valence-corrected chi connectivity index (χ4v) is 5.00. The zero-order valence-corrected chi connectivity index (χ0v) is 17.4. The Hall–Kier alpha value is -1.27. The number of thioether (sulfide) groups is 1. The minimum Gasteiger partial charge on any atom is -0.505 e. The van der Waals surface area contributed by atoms with Gasteiger partial charge in [-0.3, -0.25) is 0 Å². The number of fused-ring (bicyclic) bond motifs is 1. The number of benzene rings is 1. The zero-order chi connectivity index (χ0) is 18.5. The van der Waals surface area contributed by atoms with Crippen LogP contribution in [0.4, 0.5) is 0 Å². The summed E-state index contributed by atoms with van der Waals surface area (Å²) >= 11 is 5.35. The molecule has 140 valence electrons. The van der Waals surface area contributed by atoms with Crippen molar-refractivity contribution in [3.63, 3.8) is 0 Å². The van der Waals surface area contributed by atoms with Gasteiger partial charge in [0.15, 0.2) is 11.4 Å². The molecule has 1 fully saturated rings. The monoisotopic (exact) mass is 437 g/mol. The van der Waals surface area contributed by atoms with E-state index in [0.29, 0.717) is 21.8 Å². The molecule has 0 amide bonds. The van der Waals surface area contributed by atoms with E-state index in [1.54, 1.807) is 0 Å². The van der Waals surface area contributed by atoms with Gasteiger partial charge >= 0.3 is 5.97 Å². The van der Waals surface area contributed by atoms with Gasteiger partial charge in [-0.15, -0.1) is 11.8 Å². The number of unbranched alkanes of at least 4 members (excludes halogenated alkanes) is 1. The van der Waals surface area contributed by atoms with Gasteiger partial charge in [0, 0.05) is 20.9 Å². The Balaban J connectivity index is 1.85. The van der Waals surface area contributed by atoms with E-state index in [2.05, 4.69) is 20.9 Å². The molecule has 0 saturated heterocycles. The lowest BCUT2D eigenvalue weighted by Crippen LogP contribution is -2.09. The van der Waals surface area contributed by atoms with Crippen molar-refractivity contribution >= 4 is 44.4 Å². The molecule has 3 rings (SSSR count). The molecule has 1 saturated carbocycles. The fourth-order valence-electron chi connectivity index (χ4n) is 3.21. The molecule has 0 spiro atoms. The highest BCUT2D eigenvalue weighted by atomic mass is 79.9. The van der Waals surface area contributed by atoms with E-state index in [1.807, 2.05) is 36.9 Å². The van der Waals surface area contributed by atoms with Crippen LogP contribution in [-0.4, -0.2) is 27.9 Å². The fraction of sp³-hybridized carbons (Fsp3) is 0.500. The van der Waals surface area contributed by atoms with E-state index < -0.39 is 5.97 Å². The van der Waals surface area contributed by atoms with Gasteiger partial charge in [0.2, 0.25) is 0 Å². The zero-order valence-electron chi connectivity index (χ0n) is 15.0. The van der Waals surface area contributed by atoms with Crippen LogP contribution in [0.1, 0.15) is 62.4 Å². The normalized spacial score (nSPS) is 15.3. The van der Waals surface area contributed by atoms with E-state index >= 15 is 0 Å². The van der Waals surface area contributed by atoms with Crippen LogP contribution in [0, 0.1) is 0 Å². The van der Waals surface area contributed by atoms with Crippen molar-refractivity contribution in [3.8, 4) is 5.75 Å². The maximum atomic E-state index is 12.2. The number of rotatable bonds is 6. The van der Waals surface area contributed by atoms with E-state index in [9.17, 15) is 9.90 Å². The first-order valence-corrected chi connectivity index (χ1v) is 10.9. The van der Waals surface area contributed by atoms with Crippen molar-refractivity contribution in [2.75, 3.05) is 6.61 Å². The van der Waals surface area contributed by atoms with Crippen molar-refractivity contribution in [1.82, 2.24) is 4.98 Å². The maximum Gasteiger partial charge on any atom is 0.360 e. The van der Waals surface area contributed by atoms with Crippen LogP contribution >= 0.6 is 27.7 Å². The van der Waals surface area contributed by atoms with E-state index in [4.69, 9.17) is 4.74 Å². The molecule has 1 aliphatic rings. The van der Waals surface area contributed by atoms with E-state index in [1.165, 1.54) is 37.0 Å². The number of halogens is 1. The number of hydrogen-bond donors (Lipinski definition) is 1. The van der Waals surface area contributed by atoms with Crippen molar-refractivity contribution < 1.29 is 14.6 Å². The number of pyridine rings is 1. The highest BCUT2D eigenvalue weighted by Crippen LogP contribution is 2.38. The molecule has 1 N–H and O–H groups in total. The van der Waals surface area contributed by atoms with Gasteiger partial charge in [-0.2, -0.15) is 0 Å². The minimum absolute atomic E-state index is 0.0341. The Morgan fingerprint density at radius 1 is 1.31 bits per heavy atom. The molecule has 6 heteroatoms. The highest BCUT2D eigenvalue weighted by Gasteiger charge is 2.21. The van der Waals surface area contributed by atoms with Crippen LogP contribution < -0.4 is 0 Å². The summed E-state index contributed by atoms with van der Waals surface area (Å²) < 4.78 is 5.75. The van der Waals surface area contributed by atoms with Gasteiger partial charge in [0.1, 0.15) is 4.60 Å². The first-order chi connectivity index (χ1) is 12.6. The molecule has 1 aliphatic carbocycles. The number of ether oxygens (including phenoxy) is 1. The molecule has 4 nitrogen and oxygen atoms in total. The van der Waals surface area contributed by atoms with E-state index in [0.717, 1.165) is 18.2 Å². The van der Waals surface area contributed by atoms with Gasteiger partial charge in [-0.1, -0.05) is 32.6 Å². The largest absolute Gasteiger partial charge is 0.505 e. The van der Waals surface area contributed by atoms with Gasteiger partial charge in [-0.25, -0.2) is 9.78 Å². The number of esters is 1. The molecule has 0 atom stereocenters. The van der Waals surface area contributed by atoms with Crippen molar-refractivity contribution in [1.29, 1.82) is 0 Å². The van der Waals surface area contributed by atoms with Crippen LogP contribution in [0.5, 0.6) is 5.75 Å². The Kier molecular flexibility index (Phi) is 6.81. The summed E-state index contributed by atoms with van der Waals surface area (Å²) in [5.41, 5.74) is -0.0341. The van der Waals surface area contributed by atoms with Gasteiger partial charge in [0.05, 0.1) is 6.61 Å². The average Bonchev–Trinajstić information content (AvgIpc) is 2.65. The average molecular weight is 438 g/mol. The molecule has 26 heavy (non-hydrogen) atoms. The lowest BCUT2D eigenvalue weighted by molar-refractivity contribution is 0.0489. The maximum absolute atomic E-state index is 12.2. The molecule has 2 aromatic rings. The Morgan fingerprint density at radius 3 is 2.81 bits per heavy atom. The lowest BCUT2D eigenvalue weighted by Gasteiger charge is -2.21. The van der Waals surface area contributed by atoms with Gasteiger partial charge in [-0.05, 0) is 53.4 Å². The molecule has 0 bridgehead atoms. The third kappa shape index (κ3) is 4.52. The predicted molar refractivity (Wildman–Crippen MR) is 109 cm³/mol. The van der Waals surface area contributed by atoms with Crippen molar-refractivity contribution in [2.45, 2.75) is 62.0 Å². The summed E-state index contributed by atoms with van der Waals surface area (Å²) in [6, 6.07) is 5.92. The Morgan fingerprint density at radius 2 is 2.08 bits per heavy atom. The molecule has 1 aromatic carbocycles. The van der Waals surface area contributed by atoms with Crippen LogP contribution in [0.25, 0.3) is 10.8 Å². The number of nitrogens with zero attached hydrogens (tertiary/aromatic N) is 1. The molecule has 0 radical (unpaired) electrons. The van der Waals surface area contributed by atoms with E-state index in [-0.39, 0.29) is 11.4 Å². The minimum atomic E-state index is -0.584. The van der Waals surface area contributed by atoms with Crippen LogP contribution in [0.15, 0.2) is 27.7 Å². The third-order valence-corrected chi connectivity index (χ3v) is 6.62. The molecule has 1 heterocycles. The summed E-state index contributed by atoms with van der Waals surface area (Å²) in [7, 11) is 0. The second-order valence-corrected chi connectivity index (χ2v) is 8.80. The number of hydrogen-bond acceptors (Lipinski definition) is 5. The molecule has 0 unspecified atom stereocenters. The van der Waals surface area contributed by atoms with Gasteiger partial charge < -0.3 is 9.84 Å². The topological polar surface area (TPSA) is 59.4 Å². The van der Waals surface area contributed by atoms with Crippen LogP contribution in [0.2, 0.25) is 0 Å². The second-order valence-electron chi connectivity index (χ2n) is 6.67. The SMILES string of the molecule is CCCCOC(=O)c1nc(Br)c2cc(SC3CCCCC3)ccc2c1O. The number of carbonyl (C=O) groups excluding carboxylic acids is 1. The molecule has 0 aliphatic heterocycles. The number of carbonyl (C=O) groups is 1. The summed E-state index contributed by atoms with van der Waals surface area (Å²) in [5, 5.41) is 12.6. The Bertz CT molecular complexity index is 790. The first-order valence-electron chi connectivity index (χ1n) is 9.26. The first kappa shape index (κ1) is 19.5. The highest BCUT2D eigenvalue weighted by molar-refractivity contribution is 9.10. The standard InChI is InChI=1S/C20H24BrNO3S/c1-2-3-11-25-20(24)17-18(23)15-10-9-14(12-16(15)19(21)22-17)26-13-7-5-4-6-8-13/h9-10,12-13,23H,2-8,11H2,1H3. The molecular weight excluding hydrogens is 414 g/mol. The second kappa shape index (κ2) is 9.09.